The second kappa shape index (κ2) is 7.64. The van der Waals surface area contributed by atoms with Crippen molar-refractivity contribution in [3.8, 4) is 5.88 Å². The number of hydrogen-bond donors (Lipinski definition) is 0. The average molecular weight is 356 g/mol. The van der Waals surface area contributed by atoms with Crippen LogP contribution in [0.15, 0.2) is 22.9 Å². The third kappa shape index (κ3) is 4.00. The molecule has 2 fully saturated rings. The molecule has 0 bridgehead atoms. The van der Waals surface area contributed by atoms with Crippen LogP contribution in [0.3, 0.4) is 0 Å². The van der Waals surface area contributed by atoms with Gasteiger partial charge in [-0.05, 0) is 61.1 Å². The van der Waals surface area contributed by atoms with Gasteiger partial charge in [-0.25, -0.2) is 4.98 Å². The SMILES string of the molecule is CCc1nc(N2CCC(C3CC3CCOc3ccc(C)cn3)CC2)no1. The maximum absolute atomic E-state index is 5.79. The van der Waals surface area contributed by atoms with E-state index >= 15 is 0 Å². The van der Waals surface area contributed by atoms with E-state index in [4.69, 9.17) is 9.26 Å². The zero-order chi connectivity index (χ0) is 17.9. The van der Waals surface area contributed by atoms with E-state index in [-0.39, 0.29) is 0 Å². The molecule has 2 atom stereocenters. The van der Waals surface area contributed by atoms with E-state index in [2.05, 4.69) is 20.0 Å². The predicted molar refractivity (Wildman–Crippen MR) is 99.3 cm³/mol. The van der Waals surface area contributed by atoms with Crippen LogP contribution in [0.2, 0.25) is 0 Å². The molecule has 26 heavy (non-hydrogen) atoms. The Balaban J connectivity index is 1.17. The van der Waals surface area contributed by atoms with Crippen LogP contribution in [-0.2, 0) is 6.42 Å². The molecular weight excluding hydrogens is 328 g/mol. The highest BCUT2D eigenvalue weighted by molar-refractivity contribution is 5.28. The Morgan fingerprint density at radius 2 is 2.12 bits per heavy atom. The Labute approximate surface area is 154 Å². The van der Waals surface area contributed by atoms with Gasteiger partial charge in [0, 0.05) is 31.8 Å². The van der Waals surface area contributed by atoms with Crippen LogP contribution in [0.1, 0.15) is 44.1 Å². The lowest BCUT2D eigenvalue weighted by atomic mass is 9.90. The molecule has 2 aliphatic rings. The number of anilines is 1. The lowest BCUT2D eigenvalue weighted by molar-refractivity contribution is 0.276. The molecule has 2 aromatic heterocycles. The molecule has 4 rings (SSSR count). The number of aryl methyl sites for hydroxylation is 2. The summed E-state index contributed by atoms with van der Waals surface area (Å²) in [4.78, 5) is 11.0. The van der Waals surface area contributed by atoms with E-state index in [0.29, 0.717) is 0 Å². The first-order chi connectivity index (χ1) is 12.7. The van der Waals surface area contributed by atoms with Gasteiger partial charge in [-0.3, -0.25) is 0 Å². The molecule has 0 radical (unpaired) electrons. The quantitative estimate of drug-likeness (QED) is 0.754. The smallest absolute Gasteiger partial charge is 0.266 e. The number of piperidine rings is 1. The summed E-state index contributed by atoms with van der Waals surface area (Å²) in [5.41, 5.74) is 1.16. The fourth-order valence-corrected chi connectivity index (χ4v) is 4.08. The molecule has 0 amide bonds. The van der Waals surface area contributed by atoms with Gasteiger partial charge in [0.05, 0.1) is 6.61 Å². The van der Waals surface area contributed by atoms with Crippen molar-refractivity contribution in [3.63, 3.8) is 0 Å². The van der Waals surface area contributed by atoms with Crippen LogP contribution in [-0.4, -0.2) is 34.8 Å². The van der Waals surface area contributed by atoms with Crippen LogP contribution in [0.25, 0.3) is 0 Å². The van der Waals surface area contributed by atoms with Gasteiger partial charge in [-0.1, -0.05) is 13.0 Å². The zero-order valence-electron chi connectivity index (χ0n) is 15.7. The van der Waals surface area contributed by atoms with Crippen LogP contribution >= 0.6 is 0 Å². The summed E-state index contributed by atoms with van der Waals surface area (Å²) in [7, 11) is 0. The Bertz CT molecular complexity index is 707. The first kappa shape index (κ1) is 17.3. The van der Waals surface area contributed by atoms with Gasteiger partial charge in [0.15, 0.2) is 0 Å². The van der Waals surface area contributed by atoms with Crippen LogP contribution in [0.5, 0.6) is 5.88 Å². The largest absolute Gasteiger partial charge is 0.478 e. The van der Waals surface area contributed by atoms with Crippen LogP contribution < -0.4 is 9.64 Å². The number of hydrogen-bond acceptors (Lipinski definition) is 6. The molecule has 2 unspecified atom stereocenters. The standard InChI is InChI=1S/C20H28N4O2/c1-3-18-22-20(23-26-18)24-9-6-15(7-10-24)17-12-16(17)8-11-25-19-5-4-14(2)13-21-19/h4-5,13,15-17H,3,6-12H2,1-2H3. The fraction of sp³-hybridized carbons (Fsp3) is 0.650. The summed E-state index contributed by atoms with van der Waals surface area (Å²) >= 11 is 0. The van der Waals surface area contributed by atoms with E-state index in [0.717, 1.165) is 73.6 Å². The number of ether oxygens (including phenoxy) is 1. The Morgan fingerprint density at radius 1 is 1.27 bits per heavy atom. The lowest BCUT2D eigenvalue weighted by Crippen LogP contribution is -2.35. The maximum atomic E-state index is 5.79. The maximum Gasteiger partial charge on any atom is 0.266 e. The summed E-state index contributed by atoms with van der Waals surface area (Å²) in [6, 6.07) is 4.00. The summed E-state index contributed by atoms with van der Waals surface area (Å²) in [6.45, 7) is 6.94. The third-order valence-corrected chi connectivity index (χ3v) is 5.79. The second-order valence-electron chi connectivity index (χ2n) is 7.64. The van der Waals surface area contributed by atoms with Crippen molar-refractivity contribution in [2.24, 2.45) is 17.8 Å². The van der Waals surface area contributed by atoms with Crippen molar-refractivity contribution < 1.29 is 9.26 Å². The zero-order valence-corrected chi connectivity index (χ0v) is 15.7. The average Bonchev–Trinajstić information content (AvgIpc) is 3.28. The van der Waals surface area contributed by atoms with Crippen molar-refractivity contribution in [2.45, 2.75) is 46.0 Å². The molecule has 140 valence electrons. The van der Waals surface area contributed by atoms with Crippen molar-refractivity contribution in [3.05, 3.63) is 29.8 Å². The molecule has 0 aromatic carbocycles. The van der Waals surface area contributed by atoms with Crippen molar-refractivity contribution in [1.29, 1.82) is 0 Å². The van der Waals surface area contributed by atoms with Gasteiger partial charge >= 0.3 is 0 Å². The second-order valence-corrected chi connectivity index (χ2v) is 7.64. The predicted octanol–water partition coefficient (Wildman–Crippen LogP) is 3.66. The van der Waals surface area contributed by atoms with E-state index in [1.165, 1.54) is 19.3 Å². The third-order valence-electron chi connectivity index (χ3n) is 5.79. The number of rotatable bonds is 7. The summed E-state index contributed by atoms with van der Waals surface area (Å²) in [6.07, 6.45) is 7.63. The highest BCUT2D eigenvalue weighted by Gasteiger charge is 2.43. The van der Waals surface area contributed by atoms with E-state index in [1.807, 2.05) is 32.2 Å². The topological polar surface area (TPSA) is 64.3 Å². The molecule has 1 saturated carbocycles. The molecule has 2 aromatic rings. The number of aromatic nitrogens is 3. The van der Waals surface area contributed by atoms with Gasteiger partial charge in [-0.15, -0.1) is 0 Å². The van der Waals surface area contributed by atoms with Crippen molar-refractivity contribution in [1.82, 2.24) is 15.1 Å². The Hall–Kier alpha value is -2.11. The van der Waals surface area contributed by atoms with E-state index in [1.54, 1.807) is 0 Å². The normalized spacial score (nSPS) is 23.2. The highest BCUT2D eigenvalue weighted by atomic mass is 16.5. The van der Waals surface area contributed by atoms with Crippen LogP contribution in [0.4, 0.5) is 5.95 Å². The molecule has 6 nitrogen and oxygen atoms in total. The molecule has 3 heterocycles. The minimum absolute atomic E-state index is 0.729. The van der Waals surface area contributed by atoms with Gasteiger partial charge < -0.3 is 14.2 Å². The van der Waals surface area contributed by atoms with Crippen LogP contribution in [0, 0.1) is 24.7 Å². The molecule has 6 heteroatoms. The lowest BCUT2D eigenvalue weighted by Gasteiger charge is -2.31. The fourth-order valence-electron chi connectivity index (χ4n) is 4.08. The minimum Gasteiger partial charge on any atom is -0.478 e. The van der Waals surface area contributed by atoms with Gasteiger partial charge in [0.1, 0.15) is 0 Å². The van der Waals surface area contributed by atoms with Gasteiger partial charge in [0.25, 0.3) is 5.95 Å². The number of pyridine rings is 1. The van der Waals surface area contributed by atoms with Crippen molar-refractivity contribution in [2.75, 3.05) is 24.6 Å². The summed E-state index contributed by atoms with van der Waals surface area (Å²) < 4.78 is 11.0. The molecule has 0 N–H and O–H groups in total. The minimum atomic E-state index is 0.729. The van der Waals surface area contributed by atoms with Gasteiger partial charge in [-0.2, -0.15) is 4.98 Å². The molecule has 1 aliphatic carbocycles. The molecule has 1 aliphatic heterocycles. The highest BCUT2D eigenvalue weighted by Crippen LogP contribution is 2.49. The Morgan fingerprint density at radius 3 is 2.81 bits per heavy atom. The first-order valence-corrected chi connectivity index (χ1v) is 9.86. The van der Waals surface area contributed by atoms with Gasteiger partial charge in [0.2, 0.25) is 11.8 Å². The molecule has 0 spiro atoms. The van der Waals surface area contributed by atoms with E-state index < -0.39 is 0 Å². The molecular formula is C20H28N4O2. The summed E-state index contributed by atoms with van der Waals surface area (Å²) in [5.74, 6) is 4.79. The van der Waals surface area contributed by atoms with E-state index in [9.17, 15) is 0 Å². The molecule has 1 saturated heterocycles. The number of nitrogens with zero attached hydrogens (tertiary/aromatic N) is 4. The van der Waals surface area contributed by atoms with Crippen molar-refractivity contribution >= 4 is 5.95 Å². The summed E-state index contributed by atoms with van der Waals surface area (Å²) in [5, 5.41) is 4.10. The Kier molecular flexibility index (Phi) is 5.09. The first-order valence-electron chi connectivity index (χ1n) is 9.86. The monoisotopic (exact) mass is 356 g/mol.